The van der Waals surface area contributed by atoms with E-state index in [2.05, 4.69) is 34.9 Å². The summed E-state index contributed by atoms with van der Waals surface area (Å²) in [5.74, 6) is 0.0199. The molecule has 0 bridgehead atoms. The zero-order chi connectivity index (χ0) is 36.1. The summed E-state index contributed by atoms with van der Waals surface area (Å²) in [6.45, 7) is 5.46. The average molecular weight is 713 g/mol. The standard InChI is InChI=1S/C35H44N4O12/c40-35(51-26-32-30-7-3-1-5-28(30)29-6-2-4-8-31(29)32)37-12-14-46-16-18-48-20-22-50-24-23-49-21-19-47-17-15-45-13-11-36-33-10-9-27(38(41)42)25-34(33)39(43)44/h1-10,25,32,36H,11-24,26H2,(H,37,40). The highest BCUT2D eigenvalue weighted by atomic mass is 16.6. The van der Waals surface area contributed by atoms with Crippen LogP contribution < -0.4 is 10.6 Å². The van der Waals surface area contributed by atoms with Gasteiger partial charge in [-0.25, -0.2) is 4.79 Å². The number of non-ortho nitro benzene ring substituents is 1. The van der Waals surface area contributed by atoms with Crippen LogP contribution in [0, 0.1) is 20.2 Å². The second-order valence-electron chi connectivity index (χ2n) is 11.1. The van der Waals surface area contributed by atoms with Gasteiger partial charge in [-0.15, -0.1) is 0 Å². The summed E-state index contributed by atoms with van der Waals surface area (Å²) >= 11 is 0. The quantitative estimate of drug-likeness (QED) is 0.0670. The van der Waals surface area contributed by atoms with Crippen molar-refractivity contribution in [2.75, 3.05) is 104 Å². The number of nitro groups is 2. The summed E-state index contributed by atoms with van der Waals surface area (Å²) < 4.78 is 38.3. The van der Waals surface area contributed by atoms with E-state index in [0.717, 1.165) is 6.07 Å². The number of hydrogen-bond donors (Lipinski definition) is 2. The molecule has 51 heavy (non-hydrogen) atoms. The van der Waals surface area contributed by atoms with Crippen LogP contribution in [0.1, 0.15) is 17.0 Å². The van der Waals surface area contributed by atoms with Crippen molar-refractivity contribution in [2.24, 2.45) is 0 Å². The van der Waals surface area contributed by atoms with Crippen molar-refractivity contribution in [3.63, 3.8) is 0 Å². The predicted molar refractivity (Wildman–Crippen MR) is 186 cm³/mol. The fraction of sp³-hybridized carbons (Fsp3) is 0.457. The Bertz CT molecular complexity index is 1500. The molecular formula is C35H44N4O12. The SMILES string of the molecule is O=C(NCCOCCOCCOCCOCCOCCOCCNc1ccc([N+](=O)[O-])cc1[N+](=O)[O-])OCC1c2ccccc2-c2ccccc21. The van der Waals surface area contributed by atoms with Crippen LogP contribution in [-0.4, -0.2) is 115 Å². The molecule has 276 valence electrons. The lowest BCUT2D eigenvalue weighted by Crippen LogP contribution is -2.29. The van der Waals surface area contributed by atoms with Gasteiger partial charge in [-0.1, -0.05) is 48.5 Å². The Hall–Kier alpha value is -4.71. The number of carbonyl (C=O) groups excluding carboxylic acids is 1. The molecule has 0 fully saturated rings. The molecule has 0 radical (unpaired) electrons. The highest BCUT2D eigenvalue weighted by Gasteiger charge is 2.29. The topological polar surface area (TPSA) is 192 Å². The van der Waals surface area contributed by atoms with Gasteiger partial charge in [-0.05, 0) is 28.3 Å². The molecule has 1 amide bonds. The lowest BCUT2D eigenvalue weighted by Gasteiger charge is -2.14. The fourth-order valence-electron chi connectivity index (χ4n) is 5.27. The van der Waals surface area contributed by atoms with Crippen LogP contribution in [0.25, 0.3) is 11.1 Å². The third kappa shape index (κ3) is 13.2. The maximum absolute atomic E-state index is 12.2. The highest BCUT2D eigenvalue weighted by molar-refractivity contribution is 5.79. The first-order valence-corrected chi connectivity index (χ1v) is 16.7. The molecule has 0 saturated carbocycles. The molecule has 4 rings (SSSR count). The Kier molecular flexibility index (Phi) is 17.0. The predicted octanol–water partition coefficient (Wildman–Crippen LogP) is 4.55. The number of ether oxygens (including phenoxy) is 7. The van der Waals surface area contributed by atoms with E-state index < -0.39 is 15.9 Å². The van der Waals surface area contributed by atoms with Crippen molar-refractivity contribution < 1.29 is 47.8 Å². The number of nitrogens with zero attached hydrogens (tertiary/aromatic N) is 2. The molecule has 1 aliphatic rings. The molecule has 0 heterocycles. The molecule has 16 nitrogen and oxygen atoms in total. The molecule has 3 aromatic rings. The number of hydrogen-bond acceptors (Lipinski definition) is 13. The number of anilines is 1. The first kappa shape index (κ1) is 39.1. The number of fused-ring (bicyclic) bond motifs is 3. The van der Waals surface area contributed by atoms with Crippen molar-refractivity contribution in [2.45, 2.75) is 5.92 Å². The van der Waals surface area contributed by atoms with Crippen molar-refractivity contribution in [1.82, 2.24) is 5.32 Å². The van der Waals surface area contributed by atoms with Crippen LogP contribution in [0.15, 0.2) is 66.7 Å². The minimum absolute atomic E-state index is 0.0199. The van der Waals surface area contributed by atoms with Gasteiger partial charge in [0.15, 0.2) is 0 Å². The molecule has 0 unspecified atom stereocenters. The Balaban J connectivity index is 0.869. The molecule has 0 aromatic heterocycles. The van der Waals surface area contributed by atoms with Crippen molar-refractivity contribution in [3.05, 3.63) is 98.1 Å². The monoisotopic (exact) mass is 712 g/mol. The highest BCUT2D eigenvalue weighted by Crippen LogP contribution is 2.44. The van der Waals surface area contributed by atoms with Gasteiger partial charge in [0.25, 0.3) is 11.4 Å². The second kappa shape index (κ2) is 22.2. The first-order valence-electron chi connectivity index (χ1n) is 16.7. The van der Waals surface area contributed by atoms with Gasteiger partial charge in [0.1, 0.15) is 12.3 Å². The number of carbonyl (C=O) groups is 1. The van der Waals surface area contributed by atoms with E-state index in [1.807, 2.05) is 24.3 Å². The molecule has 0 spiro atoms. The Morgan fingerprint density at radius 3 is 1.57 bits per heavy atom. The minimum Gasteiger partial charge on any atom is -0.449 e. The largest absolute Gasteiger partial charge is 0.449 e. The summed E-state index contributed by atoms with van der Waals surface area (Å²) in [5, 5.41) is 27.5. The molecule has 1 aliphatic carbocycles. The smallest absolute Gasteiger partial charge is 0.407 e. The van der Waals surface area contributed by atoms with Gasteiger partial charge in [-0.3, -0.25) is 20.2 Å². The normalized spacial score (nSPS) is 11.9. The van der Waals surface area contributed by atoms with E-state index in [9.17, 15) is 25.0 Å². The molecule has 0 saturated heterocycles. The first-order chi connectivity index (χ1) is 25.0. The molecule has 16 heteroatoms. The number of nitrogens with one attached hydrogen (secondary N) is 2. The molecule has 0 atom stereocenters. The van der Waals surface area contributed by atoms with Crippen LogP contribution in [0.4, 0.5) is 21.9 Å². The minimum atomic E-state index is -0.683. The van der Waals surface area contributed by atoms with Crippen LogP contribution in [0.5, 0.6) is 0 Å². The lowest BCUT2D eigenvalue weighted by atomic mass is 9.98. The maximum Gasteiger partial charge on any atom is 0.407 e. The lowest BCUT2D eigenvalue weighted by molar-refractivity contribution is -0.393. The van der Waals surface area contributed by atoms with Gasteiger partial charge in [0.05, 0.1) is 95.2 Å². The average Bonchev–Trinajstić information content (AvgIpc) is 3.46. The van der Waals surface area contributed by atoms with Gasteiger partial charge >= 0.3 is 6.09 Å². The van der Waals surface area contributed by atoms with E-state index in [1.165, 1.54) is 34.4 Å². The third-order valence-electron chi connectivity index (χ3n) is 7.67. The zero-order valence-corrected chi connectivity index (χ0v) is 28.3. The molecule has 0 aliphatic heterocycles. The number of benzene rings is 3. The van der Waals surface area contributed by atoms with Crippen molar-refractivity contribution >= 4 is 23.2 Å². The van der Waals surface area contributed by atoms with Crippen molar-refractivity contribution in [1.29, 1.82) is 0 Å². The zero-order valence-electron chi connectivity index (χ0n) is 28.3. The van der Waals surface area contributed by atoms with Crippen LogP contribution >= 0.6 is 0 Å². The summed E-state index contributed by atoms with van der Waals surface area (Å²) in [5.41, 5.74) is 4.17. The molecular weight excluding hydrogens is 668 g/mol. The van der Waals surface area contributed by atoms with Gasteiger partial charge in [0.2, 0.25) is 0 Å². The Morgan fingerprint density at radius 1 is 0.608 bits per heavy atom. The number of amides is 1. The summed E-state index contributed by atoms with van der Waals surface area (Å²) in [7, 11) is 0. The van der Waals surface area contributed by atoms with Crippen LogP contribution in [-0.2, 0) is 33.2 Å². The van der Waals surface area contributed by atoms with Crippen LogP contribution in [0.2, 0.25) is 0 Å². The summed E-state index contributed by atoms with van der Waals surface area (Å²) in [6, 6.07) is 19.8. The summed E-state index contributed by atoms with van der Waals surface area (Å²) in [4.78, 5) is 32.8. The van der Waals surface area contributed by atoms with E-state index in [4.69, 9.17) is 33.2 Å². The maximum atomic E-state index is 12.2. The number of rotatable bonds is 26. The van der Waals surface area contributed by atoms with Crippen molar-refractivity contribution in [3.8, 4) is 11.1 Å². The molecule has 2 N–H and O–H groups in total. The van der Waals surface area contributed by atoms with Gasteiger partial charge in [0, 0.05) is 25.1 Å². The van der Waals surface area contributed by atoms with Gasteiger partial charge < -0.3 is 43.8 Å². The number of alkyl carbamates (subject to hydrolysis) is 1. The van der Waals surface area contributed by atoms with E-state index >= 15 is 0 Å². The van der Waals surface area contributed by atoms with E-state index in [-0.39, 0.29) is 42.7 Å². The fourth-order valence-corrected chi connectivity index (χ4v) is 5.27. The second-order valence-corrected chi connectivity index (χ2v) is 11.1. The Morgan fingerprint density at radius 2 is 1.08 bits per heavy atom. The third-order valence-corrected chi connectivity index (χ3v) is 7.67. The van der Waals surface area contributed by atoms with Crippen LogP contribution in [0.3, 0.4) is 0 Å². The van der Waals surface area contributed by atoms with E-state index in [1.54, 1.807) is 0 Å². The van der Waals surface area contributed by atoms with E-state index in [0.29, 0.717) is 79.2 Å². The number of nitro benzene ring substituents is 2. The molecule has 3 aromatic carbocycles. The van der Waals surface area contributed by atoms with Gasteiger partial charge in [-0.2, -0.15) is 0 Å². The summed E-state index contributed by atoms with van der Waals surface area (Å²) in [6.07, 6.45) is -0.473. The Labute approximate surface area is 295 Å².